The Morgan fingerprint density at radius 1 is 1.06 bits per heavy atom. The number of aliphatic imine (C=N–C) groups is 1. The number of H-pyrrole nitrogens is 1. The number of halogens is 2. The molecule has 0 unspecified atom stereocenters. The SMILES string of the molecule is Cc1cc(N=C(C2=C(N)CCN(C(=O)c3cc4cc([C@H]5CCOC(C)(C)C5)ccc4n3[C@@]3(c4noc(=O)[nH]4)C[C@@H]3C)[C@H]2C)n2ccn(-c3ccc4c(c3Cl)CN=[S@]4(C)=O)c2=O)cc(C)c1F. The average molecular weight is 937 g/mol. The molecule has 0 radical (unpaired) electrons. The molecule has 1 amide bonds. The van der Waals surface area contributed by atoms with E-state index in [2.05, 4.69) is 53.5 Å². The van der Waals surface area contributed by atoms with Crippen LogP contribution >= 0.6 is 11.6 Å². The fourth-order valence-electron chi connectivity index (χ4n) is 10.5. The average Bonchev–Trinajstić information content (AvgIpc) is 3.71. The van der Waals surface area contributed by atoms with Gasteiger partial charge < -0.3 is 19.9 Å². The van der Waals surface area contributed by atoms with Crippen LogP contribution in [0.15, 0.2) is 101 Å². The first-order valence-corrected chi connectivity index (χ1v) is 24.4. The number of benzene rings is 3. The summed E-state index contributed by atoms with van der Waals surface area (Å²) in [6.07, 6.45) is 7.24. The van der Waals surface area contributed by atoms with Crippen molar-refractivity contribution < 1.29 is 22.7 Å². The Hall–Kier alpha value is -6.04. The van der Waals surface area contributed by atoms with Gasteiger partial charge in [-0.25, -0.2) is 27.5 Å². The number of rotatable bonds is 7. The molecule has 1 aliphatic carbocycles. The predicted molar refractivity (Wildman–Crippen MR) is 250 cm³/mol. The molecule has 18 heteroatoms. The molecule has 4 aliphatic rings. The van der Waals surface area contributed by atoms with Crippen LogP contribution in [0.1, 0.15) is 97.9 Å². The highest BCUT2D eigenvalue weighted by molar-refractivity contribution is 7.93. The predicted octanol–water partition coefficient (Wildman–Crippen LogP) is 7.83. The third-order valence-electron chi connectivity index (χ3n) is 14.1. The topological polar surface area (TPSA) is 188 Å². The van der Waals surface area contributed by atoms with Crippen LogP contribution in [0.25, 0.3) is 16.6 Å². The van der Waals surface area contributed by atoms with E-state index in [0.29, 0.717) is 68.8 Å². The molecule has 0 bridgehead atoms. The molecule has 6 heterocycles. The van der Waals surface area contributed by atoms with Gasteiger partial charge in [-0.3, -0.25) is 23.4 Å². The van der Waals surface area contributed by atoms with Gasteiger partial charge in [-0.1, -0.05) is 29.7 Å². The van der Waals surface area contributed by atoms with Crippen LogP contribution in [-0.4, -0.2) is 75.7 Å². The first-order valence-electron chi connectivity index (χ1n) is 22.1. The van der Waals surface area contributed by atoms with E-state index in [1.165, 1.54) is 9.13 Å². The zero-order valence-electron chi connectivity index (χ0n) is 37.8. The minimum atomic E-state index is -2.62. The van der Waals surface area contributed by atoms with Crippen molar-refractivity contribution in [2.75, 3.05) is 19.4 Å². The van der Waals surface area contributed by atoms with Crippen molar-refractivity contribution in [3.05, 3.63) is 138 Å². The van der Waals surface area contributed by atoms with Gasteiger partial charge in [-0.05, 0) is 125 Å². The number of nitrogens with zero attached hydrogens (tertiary/aromatic N) is 7. The summed E-state index contributed by atoms with van der Waals surface area (Å²) in [7, 11) is -2.62. The molecular formula is C48H51ClFN9O6S. The van der Waals surface area contributed by atoms with Crippen LogP contribution in [0.4, 0.5) is 10.1 Å². The molecule has 3 aromatic carbocycles. The fourth-order valence-corrected chi connectivity index (χ4v) is 12.4. The van der Waals surface area contributed by atoms with E-state index in [1.807, 2.05) is 17.6 Å². The summed E-state index contributed by atoms with van der Waals surface area (Å²) < 4.78 is 48.2. The van der Waals surface area contributed by atoms with Crippen LogP contribution in [0.3, 0.4) is 0 Å². The zero-order valence-corrected chi connectivity index (χ0v) is 39.3. The van der Waals surface area contributed by atoms with Crippen molar-refractivity contribution in [1.29, 1.82) is 0 Å². The smallest absolute Gasteiger partial charge is 0.402 e. The molecule has 66 heavy (non-hydrogen) atoms. The number of amides is 1. The van der Waals surface area contributed by atoms with Gasteiger partial charge in [0.1, 0.15) is 22.9 Å². The van der Waals surface area contributed by atoms with Gasteiger partial charge in [-0.15, -0.1) is 0 Å². The maximum Gasteiger partial charge on any atom is 0.438 e. The van der Waals surface area contributed by atoms with Crippen LogP contribution in [0, 0.1) is 25.6 Å². The van der Waals surface area contributed by atoms with Crippen molar-refractivity contribution in [3.63, 3.8) is 0 Å². The van der Waals surface area contributed by atoms with Gasteiger partial charge >= 0.3 is 11.4 Å². The summed E-state index contributed by atoms with van der Waals surface area (Å²) >= 11 is 6.92. The maximum absolute atomic E-state index is 15.5. The number of ether oxygens (including phenoxy) is 1. The van der Waals surface area contributed by atoms with Gasteiger partial charge in [0.15, 0.2) is 5.82 Å². The maximum atomic E-state index is 15.5. The van der Waals surface area contributed by atoms with E-state index >= 15 is 9.18 Å². The van der Waals surface area contributed by atoms with Crippen molar-refractivity contribution >= 4 is 49.7 Å². The second kappa shape index (κ2) is 15.5. The lowest BCUT2D eigenvalue weighted by Crippen LogP contribution is -2.49. The number of carbonyl (C=O) groups is 1. The highest BCUT2D eigenvalue weighted by atomic mass is 35.5. The molecule has 1 saturated heterocycles. The molecule has 3 N–H and O–H groups in total. The number of imidazole rings is 1. The van der Waals surface area contributed by atoms with Crippen molar-refractivity contribution in [2.45, 2.75) is 102 Å². The molecule has 10 rings (SSSR count). The highest BCUT2D eigenvalue weighted by Gasteiger charge is 2.59. The lowest BCUT2D eigenvalue weighted by Gasteiger charge is -2.37. The number of aryl methyl sites for hydroxylation is 2. The number of nitrogens with one attached hydrogen (secondary N) is 1. The van der Waals surface area contributed by atoms with Gasteiger partial charge in [-0.2, -0.15) is 0 Å². The third-order valence-corrected chi connectivity index (χ3v) is 16.3. The standard InChI is InChI=1S/C48H51ClFN9O6S/c1-25-18-32(19-26(2)41(25)50)53-42(58-16-15-57(46(58)62)36-10-11-38-33(40(36)49)24-52-66(38,7)63)39-28(4)56(14-12-34(39)51)43(60)37-21-31-20-29(30-13-17-64-47(5,6)23-30)8-9-35(31)59(37)48(22-27(48)3)44-54-45(61)65-55-44/h8-11,15-16,18-21,27-28,30H,12-14,17,22-24,51H2,1-7H3,(H,54,55,61)/t27-,28-,30-,48-,66+/m0/s1. The Balaban J connectivity index is 1.10. The Bertz CT molecular complexity index is 3340. The van der Waals surface area contributed by atoms with Gasteiger partial charge in [0.05, 0.1) is 49.2 Å². The van der Waals surface area contributed by atoms with E-state index in [0.717, 1.165) is 29.3 Å². The Morgan fingerprint density at radius 3 is 2.48 bits per heavy atom. The van der Waals surface area contributed by atoms with Gasteiger partial charge in [0.25, 0.3) is 5.91 Å². The molecule has 0 spiro atoms. The summed E-state index contributed by atoms with van der Waals surface area (Å²) in [5.41, 5.74) is 10.5. The number of aromatic amines is 1. The molecule has 3 aliphatic heterocycles. The molecule has 6 aromatic rings. The monoisotopic (exact) mass is 935 g/mol. The van der Waals surface area contributed by atoms with Crippen LogP contribution in [-0.2, 0) is 26.5 Å². The Kier molecular flexibility index (Phi) is 10.3. The zero-order chi connectivity index (χ0) is 46.8. The van der Waals surface area contributed by atoms with Crippen LogP contribution in [0.5, 0.6) is 0 Å². The van der Waals surface area contributed by atoms with Gasteiger partial charge in [0, 0.05) is 66.0 Å². The number of aromatic nitrogens is 5. The van der Waals surface area contributed by atoms with Crippen molar-refractivity contribution in [1.82, 2.24) is 28.7 Å². The van der Waals surface area contributed by atoms with E-state index in [9.17, 15) is 13.8 Å². The summed E-state index contributed by atoms with van der Waals surface area (Å²) in [6, 6.07) is 14.0. The van der Waals surface area contributed by atoms with E-state index in [-0.39, 0.29) is 59.5 Å². The van der Waals surface area contributed by atoms with Gasteiger partial charge in [0.2, 0.25) is 0 Å². The molecule has 344 valence electrons. The second-order valence-electron chi connectivity index (χ2n) is 18.9. The minimum absolute atomic E-state index is 0.0156. The van der Waals surface area contributed by atoms with E-state index in [4.69, 9.17) is 31.6 Å². The largest absolute Gasteiger partial charge is 0.438 e. The van der Waals surface area contributed by atoms with Crippen LogP contribution in [0.2, 0.25) is 5.02 Å². The lowest BCUT2D eigenvalue weighted by atomic mass is 9.83. The lowest BCUT2D eigenvalue weighted by molar-refractivity contribution is -0.0592. The number of hydrogen-bond donors (Lipinski definition) is 2. The van der Waals surface area contributed by atoms with Crippen molar-refractivity contribution in [2.24, 2.45) is 21.0 Å². The second-order valence-corrected chi connectivity index (χ2v) is 21.6. The summed E-state index contributed by atoms with van der Waals surface area (Å²) in [5, 5.41) is 5.29. The number of carbonyl (C=O) groups excluding carboxylic acids is 1. The summed E-state index contributed by atoms with van der Waals surface area (Å²) in [5.74, 6) is -0.635. The first kappa shape index (κ1) is 43.8. The molecule has 5 atom stereocenters. The summed E-state index contributed by atoms with van der Waals surface area (Å²) in [4.78, 5) is 52.8. The normalized spacial score (nSPS) is 25.1. The fraction of sp³-hybridized carbons (Fsp3) is 0.396. The number of fused-ring (bicyclic) bond motifs is 2. The Labute approximate surface area is 385 Å². The van der Waals surface area contributed by atoms with Crippen molar-refractivity contribution in [3.8, 4) is 5.69 Å². The molecule has 2 fully saturated rings. The molecular weight excluding hydrogens is 885 g/mol. The number of hydrogen-bond acceptors (Lipinski definition) is 10. The minimum Gasteiger partial charge on any atom is -0.402 e. The Morgan fingerprint density at radius 2 is 1.80 bits per heavy atom. The molecule has 3 aromatic heterocycles. The third kappa shape index (κ3) is 7.00. The van der Waals surface area contributed by atoms with E-state index < -0.39 is 32.8 Å². The number of nitrogens with two attached hydrogens (primary N) is 1. The first-order chi connectivity index (χ1) is 31.3. The van der Waals surface area contributed by atoms with E-state index in [1.54, 1.807) is 61.7 Å². The molecule has 15 nitrogen and oxygen atoms in total. The summed E-state index contributed by atoms with van der Waals surface area (Å²) in [6.45, 7) is 12.4. The van der Waals surface area contributed by atoms with Crippen LogP contribution < -0.4 is 17.2 Å². The highest BCUT2D eigenvalue weighted by Crippen LogP contribution is 2.56. The molecule has 1 saturated carbocycles. The quantitative estimate of drug-likeness (QED) is 0.120.